The summed E-state index contributed by atoms with van der Waals surface area (Å²) in [5.74, 6) is 6.46. The molecule has 1 aromatic heterocycles. The van der Waals surface area contributed by atoms with Gasteiger partial charge in [-0.3, -0.25) is 19.0 Å². The van der Waals surface area contributed by atoms with Crippen LogP contribution in [0.4, 0.5) is 0 Å². The number of carbonyl (C=O) groups excluding carboxylic acids is 2. The van der Waals surface area contributed by atoms with Crippen molar-refractivity contribution in [1.29, 1.82) is 0 Å². The summed E-state index contributed by atoms with van der Waals surface area (Å²) in [6.07, 6.45) is 2.89. The number of rotatable bonds is 4. The number of ketones is 1. The van der Waals surface area contributed by atoms with Gasteiger partial charge in [-0.15, -0.1) is 0 Å². The number of aryl methyl sites for hydroxylation is 1. The zero-order valence-corrected chi connectivity index (χ0v) is 17.0. The summed E-state index contributed by atoms with van der Waals surface area (Å²) >= 11 is 1.55. The number of Topliss-reactive ketones (excluding diaryl/α,β-unsaturated/α-hetero) is 1. The molecule has 1 amide bonds. The Morgan fingerprint density at radius 2 is 2.07 bits per heavy atom. The minimum Gasteiger partial charge on any atom is -0.345 e. The summed E-state index contributed by atoms with van der Waals surface area (Å²) in [6, 6.07) is 6.89. The first-order chi connectivity index (χ1) is 14.0. The molecule has 148 valence electrons. The number of nitrogens with one attached hydrogen (secondary N) is 1. The fourth-order valence-corrected chi connectivity index (χ4v) is 4.82. The van der Waals surface area contributed by atoms with Crippen molar-refractivity contribution in [3.05, 3.63) is 57.0 Å². The standard InChI is InChI=1S/C22H21N3O3S/c1-14(26)16-9-7-15(8-10-16)4-3-11-23-20(27)12-17-13-29-22-24-19-6-2-5-18(19)21(28)25(17)22/h7-10,17H,2,5-6,11-13H2,1H3,(H,23,27). The lowest BCUT2D eigenvalue weighted by molar-refractivity contribution is -0.121. The van der Waals surface area contributed by atoms with Crippen LogP contribution in [0, 0.1) is 11.8 Å². The van der Waals surface area contributed by atoms with Crippen LogP contribution >= 0.6 is 11.8 Å². The summed E-state index contributed by atoms with van der Waals surface area (Å²) in [6.45, 7) is 1.76. The van der Waals surface area contributed by atoms with Gasteiger partial charge in [-0.1, -0.05) is 35.7 Å². The molecule has 1 aliphatic carbocycles. The molecule has 0 saturated heterocycles. The molecule has 2 aromatic rings. The first-order valence-electron chi connectivity index (χ1n) is 9.66. The molecule has 4 rings (SSSR count). The largest absolute Gasteiger partial charge is 0.345 e. The Morgan fingerprint density at radius 1 is 1.28 bits per heavy atom. The fourth-order valence-electron chi connectivity index (χ4n) is 3.67. The normalized spacial score (nSPS) is 16.5. The van der Waals surface area contributed by atoms with E-state index < -0.39 is 0 Å². The molecule has 0 radical (unpaired) electrons. The molecule has 0 spiro atoms. The third-order valence-electron chi connectivity index (χ3n) is 5.19. The number of hydrogen-bond acceptors (Lipinski definition) is 5. The summed E-state index contributed by atoms with van der Waals surface area (Å²) in [7, 11) is 0. The van der Waals surface area contributed by atoms with Crippen LogP contribution in [0.1, 0.15) is 53.0 Å². The number of hydrogen-bond donors (Lipinski definition) is 1. The molecule has 2 aliphatic rings. The summed E-state index contributed by atoms with van der Waals surface area (Å²) < 4.78 is 1.71. The Morgan fingerprint density at radius 3 is 2.83 bits per heavy atom. The van der Waals surface area contributed by atoms with Gasteiger partial charge >= 0.3 is 0 Å². The van der Waals surface area contributed by atoms with Crippen molar-refractivity contribution < 1.29 is 9.59 Å². The zero-order chi connectivity index (χ0) is 20.4. The highest BCUT2D eigenvalue weighted by Gasteiger charge is 2.30. The summed E-state index contributed by atoms with van der Waals surface area (Å²) in [5.41, 5.74) is 3.22. The van der Waals surface area contributed by atoms with E-state index in [4.69, 9.17) is 0 Å². The molecule has 0 saturated carbocycles. The van der Waals surface area contributed by atoms with Crippen molar-refractivity contribution in [2.24, 2.45) is 0 Å². The molecule has 1 aliphatic heterocycles. The maximum atomic E-state index is 12.8. The van der Waals surface area contributed by atoms with Gasteiger partial charge in [-0.05, 0) is 38.3 Å². The van der Waals surface area contributed by atoms with Crippen molar-refractivity contribution in [2.75, 3.05) is 12.3 Å². The van der Waals surface area contributed by atoms with Crippen molar-refractivity contribution in [2.45, 2.75) is 43.8 Å². The van der Waals surface area contributed by atoms with Crippen LogP contribution in [0.3, 0.4) is 0 Å². The van der Waals surface area contributed by atoms with E-state index in [0.717, 1.165) is 41.2 Å². The van der Waals surface area contributed by atoms with E-state index in [1.807, 2.05) is 0 Å². The van der Waals surface area contributed by atoms with Crippen LogP contribution in [0.5, 0.6) is 0 Å². The van der Waals surface area contributed by atoms with Gasteiger partial charge in [-0.25, -0.2) is 4.98 Å². The van der Waals surface area contributed by atoms with Gasteiger partial charge in [0.1, 0.15) is 0 Å². The SMILES string of the molecule is CC(=O)c1ccc(C#CCNC(=O)CC2CSc3nc4c(c(=O)n32)CCC4)cc1. The second-order valence-electron chi connectivity index (χ2n) is 7.23. The maximum absolute atomic E-state index is 12.8. The number of benzene rings is 1. The van der Waals surface area contributed by atoms with Crippen LogP contribution in [0.25, 0.3) is 0 Å². The van der Waals surface area contributed by atoms with Crippen molar-refractivity contribution in [1.82, 2.24) is 14.9 Å². The number of carbonyl (C=O) groups is 2. The zero-order valence-electron chi connectivity index (χ0n) is 16.2. The van der Waals surface area contributed by atoms with Gasteiger partial charge in [0.15, 0.2) is 10.9 Å². The van der Waals surface area contributed by atoms with Crippen molar-refractivity contribution in [3.63, 3.8) is 0 Å². The van der Waals surface area contributed by atoms with Gasteiger partial charge in [-0.2, -0.15) is 0 Å². The highest BCUT2D eigenvalue weighted by atomic mass is 32.2. The average Bonchev–Trinajstić information content (AvgIpc) is 3.33. The number of thioether (sulfide) groups is 1. The van der Waals surface area contributed by atoms with E-state index >= 15 is 0 Å². The topological polar surface area (TPSA) is 81.1 Å². The highest BCUT2D eigenvalue weighted by molar-refractivity contribution is 7.99. The fraction of sp³-hybridized carbons (Fsp3) is 0.364. The molecule has 29 heavy (non-hydrogen) atoms. The van der Waals surface area contributed by atoms with E-state index in [1.54, 1.807) is 40.6 Å². The van der Waals surface area contributed by atoms with E-state index in [0.29, 0.717) is 11.3 Å². The minimum absolute atomic E-state index is 0.0164. The highest BCUT2D eigenvalue weighted by Crippen LogP contribution is 2.33. The number of nitrogens with zero attached hydrogens (tertiary/aromatic N) is 2. The summed E-state index contributed by atoms with van der Waals surface area (Å²) in [4.78, 5) is 41.0. The Kier molecular flexibility index (Phi) is 5.54. The Labute approximate surface area is 173 Å². The third kappa shape index (κ3) is 4.13. The molecule has 1 N–H and O–H groups in total. The molecule has 1 unspecified atom stereocenters. The number of aromatic nitrogens is 2. The molecular weight excluding hydrogens is 386 g/mol. The molecule has 7 heteroatoms. The molecule has 1 aromatic carbocycles. The third-order valence-corrected chi connectivity index (χ3v) is 6.29. The number of fused-ring (bicyclic) bond motifs is 2. The van der Waals surface area contributed by atoms with Crippen LogP contribution in [-0.4, -0.2) is 33.5 Å². The van der Waals surface area contributed by atoms with E-state index in [9.17, 15) is 14.4 Å². The predicted octanol–water partition coefficient (Wildman–Crippen LogP) is 2.14. The second kappa shape index (κ2) is 8.26. The lowest BCUT2D eigenvalue weighted by atomic mass is 10.1. The summed E-state index contributed by atoms with van der Waals surface area (Å²) in [5, 5.41) is 3.54. The van der Waals surface area contributed by atoms with E-state index in [-0.39, 0.29) is 36.3 Å². The first kappa shape index (κ1) is 19.5. The molecule has 0 bridgehead atoms. The van der Waals surface area contributed by atoms with E-state index in [1.165, 1.54) is 6.92 Å². The van der Waals surface area contributed by atoms with Gasteiger partial charge in [0.25, 0.3) is 5.56 Å². The molecule has 0 fully saturated rings. The number of amides is 1. The lowest BCUT2D eigenvalue weighted by Gasteiger charge is -2.13. The predicted molar refractivity (Wildman–Crippen MR) is 111 cm³/mol. The first-order valence-corrected chi connectivity index (χ1v) is 10.6. The van der Waals surface area contributed by atoms with Crippen molar-refractivity contribution >= 4 is 23.5 Å². The van der Waals surface area contributed by atoms with Gasteiger partial charge in [0, 0.05) is 28.9 Å². The van der Waals surface area contributed by atoms with Crippen LogP contribution in [0.2, 0.25) is 0 Å². The van der Waals surface area contributed by atoms with Crippen molar-refractivity contribution in [3.8, 4) is 11.8 Å². The minimum atomic E-state index is -0.159. The molecule has 1 atom stereocenters. The van der Waals surface area contributed by atoms with Crippen LogP contribution in [-0.2, 0) is 17.6 Å². The Hall–Kier alpha value is -2.85. The van der Waals surface area contributed by atoms with Gasteiger partial charge < -0.3 is 5.32 Å². The quantitative estimate of drug-likeness (QED) is 0.477. The smallest absolute Gasteiger partial charge is 0.257 e. The second-order valence-corrected chi connectivity index (χ2v) is 8.22. The van der Waals surface area contributed by atoms with E-state index in [2.05, 4.69) is 22.1 Å². The van der Waals surface area contributed by atoms with Crippen LogP contribution < -0.4 is 10.9 Å². The molecular formula is C22H21N3O3S. The monoisotopic (exact) mass is 407 g/mol. The average molecular weight is 407 g/mol. The Balaban J connectivity index is 1.34. The van der Waals surface area contributed by atoms with Gasteiger partial charge in [0.2, 0.25) is 5.91 Å². The van der Waals surface area contributed by atoms with Crippen LogP contribution in [0.15, 0.2) is 34.2 Å². The molecule has 2 heterocycles. The molecule has 6 nitrogen and oxygen atoms in total. The van der Waals surface area contributed by atoms with Gasteiger partial charge in [0.05, 0.1) is 18.3 Å². The Bertz CT molecular complexity index is 1090. The lowest BCUT2D eigenvalue weighted by Crippen LogP contribution is -2.32. The maximum Gasteiger partial charge on any atom is 0.257 e.